The van der Waals surface area contributed by atoms with Gasteiger partial charge < -0.3 is 0 Å². The Morgan fingerprint density at radius 3 is 1.83 bits per heavy atom. The number of allylic oxidation sites excluding steroid dienone is 3. The van der Waals surface area contributed by atoms with Crippen molar-refractivity contribution in [3.8, 4) is 0 Å². The standard InChI is InChI=1S/C29H50/c1-3-5-6-9-26-16-20-28(21-17-26)29-22-18-27(19-23-29)11-8-7-10-25-14-12-24(4-2)13-15-25/h4,8,11,24-29H,2-3,5-7,9-10,12-23H2,1H3/b11-8+. The molecule has 0 nitrogen and oxygen atoms in total. The van der Waals surface area contributed by atoms with E-state index in [1.807, 2.05) is 0 Å². The minimum atomic E-state index is 0.813. The largest absolute Gasteiger partial charge is 0.103 e. The first-order valence-corrected chi connectivity index (χ1v) is 13.6. The van der Waals surface area contributed by atoms with Gasteiger partial charge in [-0.3, -0.25) is 0 Å². The van der Waals surface area contributed by atoms with Crippen LogP contribution in [0.15, 0.2) is 24.8 Å². The second-order valence-electron chi connectivity index (χ2n) is 11.0. The smallest absolute Gasteiger partial charge is 0.0233 e. The van der Waals surface area contributed by atoms with Crippen molar-refractivity contribution in [1.82, 2.24) is 0 Å². The van der Waals surface area contributed by atoms with Gasteiger partial charge in [-0.15, -0.1) is 6.58 Å². The molecule has 0 aromatic carbocycles. The Hall–Kier alpha value is -0.520. The van der Waals surface area contributed by atoms with Crippen LogP contribution in [0.25, 0.3) is 0 Å². The molecule has 0 aliphatic heterocycles. The van der Waals surface area contributed by atoms with E-state index in [-0.39, 0.29) is 0 Å². The summed E-state index contributed by atoms with van der Waals surface area (Å²) in [6.45, 7) is 6.31. The lowest BCUT2D eigenvalue weighted by Crippen LogP contribution is -2.25. The minimum Gasteiger partial charge on any atom is -0.103 e. The lowest BCUT2D eigenvalue weighted by Gasteiger charge is -2.37. The van der Waals surface area contributed by atoms with Gasteiger partial charge in [0.2, 0.25) is 0 Å². The van der Waals surface area contributed by atoms with Crippen LogP contribution >= 0.6 is 0 Å². The van der Waals surface area contributed by atoms with E-state index in [1.165, 1.54) is 89.9 Å². The molecule has 0 unspecified atom stereocenters. The fraction of sp³-hybridized carbons (Fsp3) is 0.862. The Balaban J connectivity index is 1.25. The highest BCUT2D eigenvalue weighted by Crippen LogP contribution is 2.42. The van der Waals surface area contributed by atoms with Crippen molar-refractivity contribution in [1.29, 1.82) is 0 Å². The van der Waals surface area contributed by atoms with Crippen LogP contribution < -0.4 is 0 Å². The van der Waals surface area contributed by atoms with Crippen LogP contribution in [-0.4, -0.2) is 0 Å². The molecule has 3 aliphatic rings. The normalized spacial score (nSPS) is 36.3. The van der Waals surface area contributed by atoms with E-state index in [1.54, 1.807) is 25.7 Å². The Kier molecular flexibility index (Phi) is 10.4. The van der Waals surface area contributed by atoms with Gasteiger partial charge in [0.25, 0.3) is 0 Å². The van der Waals surface area contributed by atoms with Crippen LogP contribution in [0.2, 0.25) is 0 Å². The summed E-state index contributed by atoms with van der Waals surface area (Å²) in [6, 6.07) is 0. The van der Waals surface area contributed by atoms with E-state index < -0.39 is 0 Å². The van der Waals surface area contributed by atoms with Crippen LogP contribution in [-0.2, 0) is 0 Å². The molecule has 0 heteroatoms. The number of hydrogen-bond donors (Lipinski definition) is 0. The summed E-state index contributed by atoms with van der Waals surface area (Å²) in [6.07, 6.45) is 33.8. The van der Waals surface area contributed by atoms with Crippen LogP contribution in [0.5, 0.6) is 0 Å². The van der Waals surface area contributed by atoms with E-state index in [0.717, 1.165) is 35.5 Å². The molecule has 166 valence electrons. The second-order valence-corrected chi connectivity index (χ2v) is 11.0. The van der Waals surface area contributed by atoms with Crippen LogP contribution in [0.1, 0.15) is 122 Å². The molecular weight excluding hydrogens is 348 g/mol. The van der Waals surface area contributed by atoms with E-state index in [9.17, 15) is 0 Å². The first-order valence-electron chi connectivity index (χ1n) is 13.6. The molecule has 0 spiro atoms. The van der Waals surface area contributed by atoms with E-state index >= 15 is 0 Å². The molecule has 0 heterocycles. The van der Waals surface area contributed by atoms with Crippen molar-refractivity contribution in [2.75, 3.05) is 0 Å². The Morgan fingerprint density at radius 1 is 0.655 bits per heavy atom. The van der Waals surface area contributed by atoms with Gasteiger partial charge in [0.05, 0.1) is 0 Å². The van der Waals surface area contributed by atoms with Gasteiger partial charge in [0.1, 0.15) is 0 Å². The van der Waals surface area contributed by atoms with Gasteiger partial charge >= 0.3 is 0 Å². The van der Waals surface area contributed by atoms with Crippen molar-refractivity contribution < 1.29 is 0 Å². The maximum absolute atomic E-state index is 3.98. The van der Waals surface area contributed by atoms with E-state index in [4.69, 9.17) is 0 Å². The molecule has 3 fully saturated rings. The molecule has 3 rings (SSSR count). The number of hydrogen-bond acceptors (Lipinski definition) is 0. The maximum atomic E-state index is 3.98. The molecule has 0 aromatic heterocycles. The Bertz CT molecular complexity index is 450. The minimum absolute atomic E-state index is 0.813. The molecule has 0 N–H and O–H groups in total. The van der Waals surface area contributed by atoms with Crippen molar-refractivity contribution in [3.63, 3.8) is 0 Å². The van der Waals surface area contributed by atoms with Crippen LogP contribution in [0, 0.1) is 35.5 Å². The summed E-state index contributed by atoms with van der Waals surface area (Å²) in [5.74, 6) is 5.91. The average Bonchev–Trinajstić information content (AvgIpc) is 2.78. The predicted molar refractivity (Wildman–Crippen MR) is 129 cm³/mol. The van der Waals surface area contributed by atoms with Gasteiger partial charge in [0.15, 0.2) is 0 Å². The van der Waals surface area contributed by atoms with Gasteiger partial charge in [-0.05, 0) is 113 Å². The highest BCUT2D eigenvalue weighted by Gasteiger charge is 2.30. The fourth-order valence-electron chi connectivity index (χ4n) is 6.77. The Labute approximate surface area is 183 Å². The maximum Gasteiger partial charge on any atom is -0.0233 e. The zero-order valence-corrected chi connectivity index (χ0v) is 19.6. The third-order valence-electron chi connectivity index (χ3n) is 8.97. The topological polar surface area (TPSA) is 0 Å². The lowest BCUT2D eigenvalue weighted by molar-refractivity contribution is 0.151. The molecule has 0 radical (unpaired) electrons. The molecular formula is C29H50. The highest BCUT2D eigenvalue weighted by atomic mass is 14.4. The van der Waals surface area contributed by atoms with E-state index in [2.05, 4.69) is 31.7 Å². The molecule has 0 atom stereocenters. The monoisotopic (exact) mass is 398 g/mol. The highest BCUT2D eigenvalue weighted by molar-refractivity contribution is 4.93. The summed E-state index contributed by atoms with van der Waals surface area (Å²) >= 11 is 0. The van der Waals surface area contributed by atoms with Crippen molar-refractivity contribution in [2.24, 2.45) is 35.5 Å². The summed E-state index contributed by atoms with van der Waals surface area (Å²) in [7, 11) is 0. The molecule has 0 bridgehead atoms. The molecule has 3 aliphatic carbocycles. The molecule has 0 amide bonds. The fourth-order valence-corrected chi connectivity index (χ4v) is 6.77. The SMILES string of the molecule is C=CC1CCC(CC/C=C/C2CCC(C3CCC(CCCCC)CC3)CC2)CC1. The molecule has 0 aromatic rings. The zero-order chi connectivity index (χ0) is 20.3. The summed E-state index contributed by atoms with van der Waals surface area (Å²) in [4.78, 5) is 0. The van der Waals surface area contributed by atoms with Crippen molar-refractivity contribution in [3.05, 3.63) is 24.8 Å². The lowest BCUT2D eigenvalue weighted by atomic mass is 9.68. The third kappa shape index (κ3) is 7.91. The van der Waals surface area contributed by atoms with E-state index in [0.29, 0.717) is 0 Å². The van der Waals surface area contributed by atoms with Crippen LogP contribution in [0.4, 0.5) is 0 Å². The molecule has 29 heavy (non-hydrogen) atoms. The zero-order valence-electron chi connectivity index (χ0n) is 19.6. The van der Waals surface area contributed by atoms with Gasteiger partial charge in [-0.1, -0.05) is 63.7 Å². The van der Waals surface area contributed by atoms with Crippen molar-refractivity contribution in [2.45, 2.75) is 122 Å². The first kappa shape index (κ1) is 23.1. The Morgan fingerprint density at radius 2 is 1.21 bits per heavy atom. The van der Waals surface area contributed by atoms with Gasteiger partial charge in [-0.25, -0.2) is 0 Å². The predicted octanol–water partition coefficient (Wildman–Crippen LogP) is 9.51. The first-order chi connectivity index (χ1) is 14.3. The van der Waals surface area contributed by atoms with Crippen LogP contribution in [0.3, 0.4) is 0 Å². The average molecular weight is 399 g/mol. The summed E-state index contributed by atoms with van der Waals surface area (Å²) in [5.41, 5.74) is 0. The van der Waals surface area contributed by atoms with Crippen molar-refractivity contribution >= 4 is 0 Å². The third-order valence-corrected chi connectivity index (χ3v) is 8.97. The molecule has 3 saturated carbocycles. The quantitative estimate of drug-likeness (QED) is 0.254. The van der Waals surface area contributed by atoms with Gasteiger partial charge in [-0.2, -0.15) is 0 Å². The summed E-state index contributed by atoms with van der Waals surface area (Å²) in [5, 5.41) is 0. The number of unbranched alkanes of at least 4 members (excludes halogenated alkanes) is 2. The molecule has 0 saturated heterocycles. The second kappa shape index (κ2) is 13.0. The van der Waals surface area contributed by atoms with Gasteiger partial charge in [0, 0.05) is 0 Å². The summed E-state index contributed by atoms with van der Waals surface area (Å²) < 4.78 is 0. The number of rotatable bonds is 10.